The van der Waals surface area contributed by atoms with Crippen molar-refractivity contribution in [2.75, 3.05) is 6.54 Å². The van der Waals surface area contributed by atoms with Crippen molar-refractivity contribution in [3.63, 3.8) is 0 Å². The van der Waals surface area contributed by atoms with Gasteiger partial charge < -0.3 is 5.32 Å². The van der Waals surface area contributed by atoms with Gasteiger partial charge in [-0.2, -0.15) is 0 Å². The number of halogens is 1. The summed E-state index contributed by atoms with van der Waals surface area (Å²) >= 11 is 5.90. The molecule has 1 aromatic carbocycles. The number of hydrogen-bond donors (Lipinski definition) is 1. The first-order valence-corrected chi connectivity index (χ1v) is 6.87. The minimum absolute atomic E-state index is 0.0432. The van der Waals surface area contributed by atoms with Crippen molar-refractivity contribution in [2.24, 2.45) is 0 Å². The van der Waals surface area contributed by atoms with Crippen LogP contribution in [0, 0.1) is 0 Å². The Morgan fingerprint density at radius 3 is 2.58 bits per heavy atom. The van der Waals surface area contributed by atoms with E-state index in [1.807, 2.05) is 31.2 Å². The van der Waals surface area contributed by atoms with Gasteiger partial charge in [0.25, 0.3) is 0 Å². The molecule has 0 radical (unpaired) electrons. The second kappa shape index (κ2) is 6.07. The summed E-state index contributed by atoms with van der Waals surface area (Å²) in [7, 11) is 0. The maximum absolute atomic E-state index is 11.6. The normalized spacial score (nSPS) is 16.9. The Morgan fingerprint density at radius 2 is 2.00 bits per heavy atom. The molecule has 1 aromatic rings. The first-order valence-electron chi connectivity index (χ1n) is 6.49. The van der Waals surface area contributed by atoms with Gasteiger partial charge in [0, 0.05) is 23.1 Å². The molecule has 0 unspecified atom stereocenters. The first-order chi connectivity index (χ1) is 9.16. The van der Waals surface area contributed by atoms with Gasteiger partial charge in [-0.05, 0) is 37.5 Å². The van der Waals surface area contributed by atoms with Crippen LogP contribution in [0.2, 0.25) is 5.02 Å². The Kier molecular flexibility index (Phi) is 4.43. The number of hydrogen-bond acceptors (Lipinski definition) is 1. The summed E-state index contributed by atoms with van der Waals surface area (Å²) in [6, 6.07) is 7.92. The fourth-order valence-electron chi connectivity index (χ4n) is 2.09. The van der Waals surface area contributed by atoms with Crippen LogP contribution < -0.4 is 5.32 Å². The van der Waals surface area contributed by atoms with E-state index in [-0.39, 0.29) is 11.3 Å². The predicted molar refractivity (Wildman–Crippen MR) is 79.3 cm³/mol. The lowest BCUT2D eigenvalue weighted by atomic mass is 9.96. The van der Waals surface area contributed by atoms with Crippen LogP contribution in [0.1, 0.15) is 25.3 Å². The summed E-state index contributed by atoms with van der Waals surface area (Å²) in [6.07, 6.45) is 9.27. The second-order valence-electron chi connectivity index (χ2n) is 4.89. The third-order valence-electron chi connectivity index (χ3n) is 3.46. The fraction of sp³-hybridized carbons (Fsp3) is 0.312. The Balaban J connectivity index is 1.92. The largest absolute Gasteiger partial charge is 0.352 e. The Labute approximate surface area is 119 Å². The van der Waals surface area contributed by atoms with Crippen LogP contribution in [0.15, 0.2) is 48.6 Å². The van der Waals surface area contributed by atoms with E-state index >= 15 is 0 Å². The maximum atomic E-state index is 11.6. The molecule has 1 N–H and O–H groups in total. The van der Waals surface area contributed by atoms with Gasteiger partial charge >= 0.3 is 0 Å². The van der Waals surface area contributed by atoms with E-state index in [1.54, 1.807) is 12.2 Å². The molecule has 0 bridgehead atoms. The Hall–Kier alpha value is -1.54. The van der Waals surface area contributed by atoms with E-state index in [4.69, 9.17) is 11.6 Å². The zero-order valence-electron chi connectivity index (χ0n) is 11.0. The molecule has 19 heavy (non-hydrogen) atoms. The molecule has 0 heterocycles. The van der Waals surface area contributed by atoms with Crippen LogP contribution in [0.5, 0.6) is 0 Å². The lowest BCUT2D eigenvalue weighted by Crippen LogP contribution is -2.30. The van der Waals surface area contributed by atoms with Crippen LogP contribution >= 0.6 is 11.6 Å². The van der Waals surface area contributed by atoms with Crippen molar-refractivity contribution in [1.29, 1.82) is 0 Å². The van der Waals surface area contributed by atoms with Crippen LogP contribution in [0.3, 0.4) is 0 Å². The van der Waals surface area contributed by atoms with E-state index in [9.17, 15) is 4.79 Å². The topological polar surface area (TPSA) is 29.1 Å². The molecule has 1 aliphatic rings. The minimum Gasteiger partial charge on any atom is -0.352 e. The van der Waals surface area contributed by atoms with Gasteiger partial charge in [-0.3, -0.25) is 4.79 Å². The van der Waals surface area contributed by atoms with Crippen molar-refractivity contribution >= 4 is 17.5 Å². The standard InChI is InChI=1S/C16H18ClNO/c1-2-3-4-5-15(19)18-12-16(10-11-16)13-6-8-14(17)9-7-13/h2-9H,10-12H2,1H3,(H,18,19)/b3-2+,5-4+. The van der Waals surface area contributed by atoms with Crippen molar-refractivity contribution in [1.82, 2.24) is 5.32 Å². The van der Waals surface area contributed by atoms with Crippen LogP contribution in [0.25, 0.3) is 0 Å². The summed E-state index contributed by atoms with van der Waals surface area (Å²) in [4.78, 5) is 11.6. The molecule has 2 nitrogen and oxygen atoms in total. The highest BCUT2D eigenvalue weighted by atomic mass is 35.5. The number of carbonyl (C=O) groups excluding carboxylic acids is 1. The van der Waals surface area contributed by atoms with Crippen LogP contribution in [-0.2, 0) is 10.2 Å². The van der Waals surface area contributed by atoms with Gasteiger partial charge in [0.05, 0.1) is 0 Å². The van der Waals surface area contributed by atoms with Gasteiger partial charge in [-0.1, -0.05) is 42.0 Å². The molecule has 1 fully saturated rings. The molecule has 0 aliphatic heterocycles. The molecule has 1 amide bonds. The van der Waals surface area contributed by atoms with Crippen LogP contribution in [0.4, 0.5) is 0 Å². The van der Waals surface area contributed by atoms with Gasteiger partial charge in [-0.15, -0.1) is 0 Å². The molecule has 100 valence electrons. The third kappa shape index (κ3) is 3.71. The molecule has 0 aromatic heterocycles. The molecule has 0 atom stereocenters. The maximum Gasteiger partial charge on any atom is 0.244 e. The number of allylic oxidation sites excluding steroid dienone is 3. The summed E-state index contributed by atoms with van der Waals surface area (Å²) in [6.45, 7) is 2.61. The summed E-state index contributed by atoms with van der Waals surface area (Å²) < 4.78 is 0. The molecule has 2 rings (SSSR count). The summed E-state index contributed by atoms with van der Waals surface area (Å²) in [5.41, 5.74) is 1.38. The predicted octanol–water partition coefficient (Wildman–Crippen LogP) is 3.62. The smallest absolute Gasteiger partial charge is 0.244 e. The number of benzene rings is 1. The lowest BCUT2D eigenvalue weighted by molar-refractivity contribution is -0.116. The van der Waals surface area contributed by atoms with Gasteiger partial charge in [0.2, 0.25) is 5.91 Å². The molecule has 3 heteroatoms. The molecule has 0 spiro atoms. The fourth-order valence-corrected chi connectivity index (χ4v) is 2.22. The average Bonchev–Trinajstić information content (AvgIpc) is 3.19. The quantitative estimate of drug-likeness (QED) is 0.645. The first kappa shape index (κ1) is 13.9. The van der Waals surface area contributed by atoms with E-state index in [0.717, 1.165) is 17.9 Å². The minimum atomic E-state index is -0.0432. The average molecular weight is 276 g/mol. The highest BCUT2D eigenvalue weighted by Crippen LogP contribution is 2.47. The van der Waals surface area contributed by atoms with E-state index in [1.165, 1.54) is 5.56 Å². The third-order valence-corrected chi connectivity index (χ3v) is 3.71. The SMILES string of the molecule is C/C=C/C=C/C(=O)NCC1(c2ccc(Cl)cc2)CC1. The van der Waals surface area contributed by atoms with Crippen molar-refractivity contribution < 1.29 is 4.79 Å². The number of rotatable bonds is 5. The van der Waals surface area contributed by atoms with Crippen LogP contribution in [-0.4, -0.2) is 12.5 Å². The lowest BCUT2D eigenvalue weighted by Gasteiger charge is -2.16. The molecular formula is C16H18ClNO. The highest BCUT2D eigenvalue weighted by molar-refractivity contribution is 6.30. The van der Waals surface area contributed by atoms with E-state index < -0.39 is 0 Å². The highest BCUT2D eigenvalue weighted by Gasteiger charge is 2.44. The van der Waals surface area contributed by atoms with Gasteiger partial charge in [-0.25, -0.2) is 0 Å². The van der Waals surface area contributed by atoms with Crippen molar-refractivity contribution in [3.8, 4) is 0 Å². The zero-order valence-corrected chi connectivity index (χ0v) is 11.8. The molecule has 0 saturated heterocycles. The molecule has 1 aliphatic carbocycles. The number of amides is 1. The molecule has 1 saturated carbocycles. The zero-order chi connectivity index (χ0) is 13.7. The van der Waals surface area contributed by atoms with E-state index in [2.05, 4.69) is 17.4 Å². The number of nitrogens with one attached hydrogen (secondary N) is 1. The second-order valence-corrected chi connectivity index (χ2v) is 5.33. The monoisotopic (exact) mass is 275 g/mol. The molecular weight excluding hydrogens is 258 g/mol. The van der Waals surface area contributed by atoms with Crippen molar-refractivity contribution in [3.05, 3.63) is 59.2 Å². The summed E-state index contributed by atoms with van der Waals surface area (Å²) in [5, 5.41) is 3.71. The number of carbonyl (C=O) groups is 1. The van der Waals surface area contributed by atoms with E-state index in [0.29, 0.717) is 6.54 Å². The van der Waals surface area contributed by atoms with Crippen molar-refractivity contribution in [2.45, 2.75) is 25.2 Å². The Bertz CT molecular complexity index is 498. The summed E-state index contributed by atoms with van der Waals surface area (Å²) in [5.74, 6) is -0.0432. The van der Waals surface area contributed by atoms with Gasteiger partial charge in [0.15, 0.2) is 0 Å². The van der Waals surface area contributed by atoms with Gasteiger partial charge in [0.1, 0.15) is 0 Å². The Morgan fingerprint density at radius 1 is 1.32 bits per heavy atom.